The van der Waals surface area contributed by atoms with Gasteiger partial charge >= 0.3 is 0 Å². The van der Waals surface area contributed by atoms with Crippen molar-refractivity contribution >= 4 is 29.0 Å². The number of rotatable bonds is 7. The van der Waals surface area contributed by atoms with Crippen molar-refractivity contribution in [3.05, 3.63) is 54.6 Å². The molecule has 2 rings (SSSR count). The van der Waals surface area contributed by atoms with Gasteiger partial charge in [-0.15, -0.1) is 11.8 Å². The largest absolute Gasteiger partial charge is 0.397 e. The highest BCUT2D eigenvalue weighted by molar-refractivity contribution is 7.99. The first-order valence-electron chi connectivity index (χ1n) is 7.08. The molecule has 0 atom stereocenters. The third-order valence-corrected chi connectivity index (χ3v) is 4.14. The minimum Gasteiger partial charge on any atom is -0.397 e. The van der Waals surface area contributed by atoms with E-state index in [9.17, 15) is 4.79 Å². The van der Waals surface area contributed by atoms with Gasteiger partial charge in [-0.25, -0.2) is 0 Å². The van der Waals surface area contributed by atoms with Crippen LogP contribution < -0.4 is 11.1 Å². The summed E-state index contributed by atoms with van der Waals surface area (Å²) in [5, 5.41) is 2.85. The minimum atomic E-state index is 0.0256. The number of carbonyl (C=O) groups is 1. The number of nitrogens with two attached hydrogens (primary N) is 1. The highest BCUT2D eigenvalue weighted by Crippen LogP contribution is 2.20. The van der Waals surface area contributed by atoms with Crippen molar-refractivity contribution in [3.8, 4) is 0 Å². The number of anilines is 2. The van der Waals surface area contributed by atoms with E-state index in [-0.39, 0.29) is 5.91 Å². The standard InChI is InChI=1S/C17H20N2OS/c18-15-10-4-5-11-16(15)19-17(20)12-6-7-13-21-14-8-2-1-3-9-14/h1-5,8-11H,6-7,12-13,18H2,(H,19,20). The van der Waals surface area contributed by atoms with Crippen LogP contribution in [0.5, 0.6) is 0 Å². The molecular formula is C17H20N2OS. The smallest absolute Gasteiger partial charge is 0.224 e. The number of nitrogens with one attached hydrogen (secondary N) is 1. The highest BCUT2D eigenvalue weighted by atomic mass is 32.2. The molecule has 0 fully saturated rings. The van der Waals surface area contributed by atoms with Crippen LogP contribution in [-0.2, 0) is 4.79 Å². The molecule has 0 unspecified atom stereocenters. The summed E-state index contributed by atoms with van der Waals surface area (Å²) >= 11 is 1.83. The maximum atomic E-state index is 11.8. The monoisotopic (exact) mass is 300 g/mol. The van der Waals surface area contributed by atoms with Gasteiger partial charge in [0.05, 0.1) is 11.4 Å². The van der Waals surface area contributed by atoms with Crippen molar-refractivity contribution in [2.24, 2.45) is 0 Å². The summed E-state index contributed by atoms with van der Waals surface area (Å²) in [6.07, 6.45) is 2.44. The Morgan fingerprint density at radius 3 is 2.48 bits per heavy atom. The van der Waals surface area contributed by atoms with E-state index in [4.69, 9.17) is 5.73 Å². The van der Waals surface area contributed by atoms with E-state index >= 15 is 0 Å². The number of thioether (sulfide) groups is 1. The average molecular weight is 300 g/mol. The third-order valence-electron chi connectivity index (χ3n) is 3.04. The molecule has 3 N–H and O–H groups in total. The summed E-state index contributed by atoms with van der Waals surface area (Å²) in [6.45, 7) is 0. The summed E-state index contributed by atoms with van der Waals surface area (Å²) < 4.78 is 0. The molecule has 0 heterocycles. The first-order chi connectivity index (χ1) is 10.3. The highest BCUT2D eigenvalue weighted by Gasteiger charge is 2.04. The fourth-order valence-electron chi connectivity index (χ4n) is 1.92. The summed E-state index contributed by atoms with van der Waals surface area (Å²) in [6, 6.07) is 17.6. The van der Waals surface area contributed by atoms with Gasteiger partial charge < -0.3 is 11.1 Å². The zero-order valence-corrected chi connectivity index (χ0v) is 12.7. The molecule has 2 aromatic carbocycles. The molecular weight excluding hydrogens is 280 g/mol. The van der Waals surface area contributed by atoms with Crippen molar-refractivity contribution in [1.29, 1.82) is 0 Å². The Bertz CT molecular complexity index is 572. The van der Waals surface area contributed by atoms with E-state index in [1.807, 2.05) is 48.2 Å². The van der Waals surface area contributed by atoms with E-state index < -0.39 is 0 Å². The molecule has 0 saturated carbocycles. The number of amides is 1. The van der Waals surface area contributed by atoms with Crippen molar-refractivity contribution < 1.29 is 4.79 Å². The van der Waals surface area contributed by atoms with Crippen LogP contribution in [0.4, 0.5) is 11.4 Å². The SMILES string of the molecule is Nc1ccccc1NC(=O)CCCCSc1ccccc1. The van der Waals surface area contributed by atoms with Crippen LogP contribution in [0.3, 0.4) is 0 Å². The number of benzene rings is 2. The molecule has 0 saturated heterocycles. The topological polar surface area (TPSA) is 55.1 Å². The molecule has 21 heavy (non-hydrogen) atoms. The Balaban J connectivity index is 1.63. The van der Waals surface area contributed by atoms with Gasteiger partial charge in [-0.2, -0.15) is 0 Å². The molecule has 0 aliphatic heterocycles. The predicted octanol–water partition coefficient (Wildman–Crippen LogP) is 4.17. The maximum Gasteiger partial charge on any atom is 0.224 e. The summed E-state index contributed by atoms with van der Waals surface area (Å²) in [5.74, 6) is 1.06. The molecule has 110 valence electrons. The van der Waals surface area contributed by atoms with Gasteiger partial charge in [0.15, 0.2) is 0 Å². The maximum absolute atomic E-state index is 11.8. The van der Waals surface area contributed by atoms with Crippen molar-refractivity contribution in [1.82, 2.24) is 0 Å². The molecule has 0 spiro atoms. The van der Waals surface area contributed by atoms with E-state index in [0.717, 1.165) is 18.6 Å². The predicted molar refractivity (Wildman–Crippen MR) is 90.5 cm³/mol. The molecule has 0 bridgehead atoms. The number of para-hydroxylation sites is 2. The van der Waals surface area contributed by atoms with E-state index in [0.29, 0.717) is 17.8 Å². The summed E-state index contributed by atoms with van der Waals surface area (Å²) in [5.41, 5.74) is 7.09. The van der Waals surface area contributed by atoms with Gasteiger partial charge in [0, 0.05) is 11.3 Å². The number of hydrogen-bond acceptors (Lipinski definition) is 3. The van der Waals surface area contributed by atoms with Gasteiger partial charge in [0.2, 0.25) is 5.91 Å². The number of carbonyl (C=O) groups excluding carboxylic acids is 1. The van der Waals surface area contributed by atoms with Gasteiger partial charge in [-0.05, 0) is 42.9 Å². The Kier molecular flexibility index (Phi) is 6.16. The number of unbranched alkanes of at least 4 members (excludes halogenated alkanes) is 1. The first-order valence-corrected chi connectivity index (χ1v) is 8.06. The van der Waals surface area contributed by atoms with Gasteiger partial charge in [-0.3, -0.25) is 4.79 Å². The molecule has 2 aromatic rings. The zero-order valence-electron chi connectivity index (χ0n) is 11.9. The molecule has 0 radical (unpaired) electrons. The van der Waals surface area contributed by atoms with E-state index in [2.05, 4.69) is 17.4 Å². The lowest BCUT2D eigenvalue weighted by Crippen LogP contribution is -2.12. The van der Waals surface area contributed by atoms with E-state index in [1.165, 1.54) is 4.90 Å². The second-order valence-electron chi connectivity index (χ2n) is 4.75. The van der Waals surface area contributed by atoms with Crippen LogP contribution in [0.15, 0.2) is 59.5 Å². The minimum absolute atomic E-state index is 0.0256. The van der Waals surface area contributed by atoms with Crippen LogP contribution >= 0.6 is 11.8 Å². The lowest BCUT2D eigenvalue weighted by atomic mass is 10.2. The Hall–Kier alpha value is -1.94. The second-order valence-corrected chi connectivity index (χ2v) is 5.92. The Morgan fingerprint density at radius 1 is 1.00 bits per heavy atom. The number of hydrogen-bond donors (Lipinski definition) is 2. The van der Waals surface area contributed by atoms with Crippen LogP contribution in [0.2, 0.25) is 0 Å². The average Bonchev–Trinajstić information content (AvgIpc) is 2.50. The van der Waals surface area contributed by atoms with Crippen molar-refractivity contribution in [2.45, 2.75) is 24.2 Å². The molecule has 1 amide bonds. The van der Waals surface area contributed by atoms with Gasteiger partial charge in [-0.1, -0.05) is 30.3 Å². The fourth-order valence-corrected chi connectivity index (χ4v) is 2.85. The summed E-state index contributed by atoms with van der Waals surface area (Å²) in [4.78, 5) is 13.1. The van der Waals surface area contributed by atoms with Crippen LogP contribution in [0, 0.1) is 0 Å². The second kappa shape index (κ2) is 8.37. The van der Waals surface area contributed by atoms with Crippen molar-refractivity contribution in [3.63, 3.8) is 0 Å². The molecule has 0 aromatic heterocycles. The molecule has 0 aliphatic carbocycles. The lowest BCUT2D eigenvalue weighted by molar-refractivity contribution is -0.116. The van der Waals surface area contributed by atoms with Crippen molar-refractivity contribution in [2.75, 3.05) is 16.8 Å². The first kappa shape index (κ1) is 15.4. The molecule has 0 aliphatic rings. The van der Waals surface area contributed by atoms with Crippen LogP contribution in [0.1, 0.15) is 19.3 Å². The fraction of sp³-hybridized carbons (Fsp3) is 0.235. The third kappa shape index (κ3) is 5.52. The molecule has 3 nitrogen and oxygen atoms in total. The molecule has 4 heteroatoms. The van der Waals surface area contributed by atoms with Gasteiger partial charge in [0.1, 0.15) is 0 Å². The Labute approximate surface area is 129 Å². The number of nitrogen functional groups attached to an aromatic ring is 1. The van der Waals surface area contributed by atoms with Crippen LogP contribution in [-0.4, -0.2) is 11.7 Å². The van der Waals surface area contributed by atoms with Gasteiger partial charge in [0.25, 0.3) is 0 Å². The summed E-state index contributed by atoms with van der Waals surface area (Å²) in [7, 11) is 0. The normalized spacial score (nSPS) is 10.3. The quantitative estimate of drug-likeness (QED) is 0.458. The van der Waals surface area contributed by atoms with E-state index in [1.54, 1.807) is 6.07 Å². The Morgan fingerprint density at radius 2 is 1.71 bits per heavy atom. The van der Waals surface area contributed by atoms with Crippen LogP contribution in [0.25, 0.3) is 0 Å². The zero-order chi connectivity index (χ0) is 14.9. The lowest BCUT2D eigenvalue weighted by Gasteiger charge is -2.07.